The van der Waals surface area contributed by atoms with Gasteiger partial charge in [-0.25, -0.2) is 5.10 Å². The Morgan fingerprint density at radius 2 is 1.93 bits per heavy atom. The summed E-state index contributed by atoms with van der Waals surface area (Å²) < 4.78 is 19.7. The predicted octanol–water partition coefficient (Wildman–Crippen LogP) is 2.67. The van der Waals surface area contributed by atoms with E-state index in [4.69, 9.17) is 14.2 Å². The number of amides is 1. The van der Waals surface area contributed by atoms with Crippen LogP contribution in [-0.2, 0) is 7.05 Å². The van der Waals surface area contributed by atoms with E-state index < -0.39 is 5.60 Å². The van der Waals surface area contributed by atoms with E-state index in [1.54, 1.807) is 47.2 Å². The molecule has 1 N–H and O–H groups in total. The van der Waals surface area contributed by atoms with Crippen molar-refractivity contribution in [2.45, 2.75) is 31.8 Å². The fourth-order valence-corrected chi connectivity index (χ4v) is 5.48. The van der Waals surface area contributed by atoms with Crippen molar-refractivity contribution in [1.82, 2.24) is 35.3 Å². The Morgan fingerprint density at radius 3 is 2.59 bits per heavy atom. The number of hydrogen-bond acceptors (Lipinski definition) is 9. The van der Waals surface area contributed by atoms with Gasteiger partial charge in [0.05, 0.1) is 37.5 Å². The van der Waals surface area contributed by atoms with Gasteiger partial charge in [-0.15, -0.1) is 5.10 Å². The number of methoxy groups -OCH3 is 1. The van der Waals surface area contributed by atoms with Gasteiger partial charge in [0.1, 0.15) is 22.8 Å². The average molecular weight is 568 g/mol. The van der Waals surface area contributed by atoms with Crippen LogP contribution in [0.5, 0.6) is 17.2 Å². The van der Waals surface area contributed by atoms with Gasteiger partial charge in [-0.3, -0.25) is 14.3 Å². The number of hydrogen-bond donors (Lipinski definition) is 1. The third-order valence-electron chi connectivity index (χ3n) is 7.50. The molecular formula is C28H30N7NaO5. The van der Waals surface area contributed by atoms with Crippen LogP contribution < -0.4 is 14.2 Å². The van der Waals surface area contributed by atoms with E-state index in [2.05, 4.69) is 25.7 Å². The summed E-state index contributed by atoms with van der Waals surface area (Å²) in [6.07, 6.45) is 4.95. The first-order chi connectivity index (χ1) is 19.4. The van der Waals surface area contributed by atoms with E-state index in [1.807, 2.05) is 26.2 Å². The number of ether oxygens (including phenoxy) is 3. The second kappa shape index (κ2) is 11.6. The Labute approximate surface area is 258 Å². The van der Waals surface area contributed by atoms with Crippen LogP contribution in [0.2, 0.25) is 0 Å². The summed E-state index contributed by atoms with van der Waals surface area (Å²) in [6.45, 7) is 3.25. The van der Waals surface area contributed by atoms with Gasteiger partial charge in [-0.2, -0.15) is 5.10 Å². The number of carbonyl (C=O) groups is 2. The first kappa shape index (κ1) is 28.8. The number of benzene rings is 2. The molecule has 13 heteroatoms. The van der Waals surface area contributed by atoms with E-state index in [1.165, 1.54) is 0 Å². The van der Waals surface area contributed by atoms with Crippen LogP contribution in [0, 0.1) is 0 Å². The second-order valence-electron chi connectivity index (χ2n) is 10.0. The summed E-state index contributed by atoms with van der Waals surface area (Å²) in [5.74, 6) is 2.01. The SMILES string of the molecule is CCOc1cc(C(=O)N2CCC3(CC2)CC(=O)c2cc(-c4nnn[nH]4)ccc2O3)cc(OC)c1-c1cnn(C)c1.[NaH]. The molecule has 4 heterocycles. The second-order valence-corrected chi connectivity index (χ2v) is 10.0. The molecule has 1 saturated heterocycles. The van der Waals surface area contributed by atoms with Crippen molar-refractivity contribution < 1.29 is 23.8 Å². The van der Waals surface area contributed by atoms with Gasteiger partial charge in [-0.05, 0) is 47.7 Å². The molecule has 6 rings (SSSR count). The maximum atomic E-state index is 13.6. The van der Waals surface area contributed by atoms with Crippen molar-refractivity contribution >= 4 is 41.2 Å². The molecule has 2 aromatic heterocycles. The maximum absolute atomic E-state index is 13.6. The van der Waals surface area contributed by atoms with Crippen molar-refractivity contribution in [3.8, 4) is 39.8 Å². The Morgan fingerprint density at radius 1 is 1.15 bits per heavy atom. The average Bonchev–Trinajstić information content (AvgIpc) is 3.65. The van der Waals surface area contributed by atoms with E-state index >= 15 is 0 Å². The molecule has 1 amide bonds. The number of Topliss-reactive ketones (excluding diaryl/α,β-unsaturated/α-hetero) is 1. The van der Waals surface area contributed by atoms with Crippen molar-refractivity contribution in [1.29, 1.82) is 0 Å². The topological polar surface area (TPSA) is 137 Å². The van der Waals surface area contributed by atoms with Gasteiger partial charge < -0.3 is 19.1 Å². The molecule has 0 saturated carbocycles. The molecule has 1 spiro atoms. The molecule has 2 aliphatic rings. The molecule has 12 nitrogen and oxygen atoms in total. The predicted molar refractivity (Wildman–Crippen MR) is 151 cm³/mol. The van der Waals surface area contributed by atoms with E-state index in [0.717, 1.165) is 11.1 Å². The number of tetrazole rings is 1. The van der Waals surface area contributed by atoms with Crippen LogP contribution in [0.3, 0.4) is 0 Å². The van der Waals surface area contributed by atoms with Crippen molar-refractivity contribution in [2.75, 3.05) is 26.8 Å². The fourth-order valence-electron chi connectivity index (χ4n) is 5.48. The summed E-state index contributed by atoms with van der Waals surface area (Å²) in [4.78, 5) is 28.6. The number of H-pyrrole nitrogens is 1. The van der Waals surface area contributed by atoms with Gasteiger partial charge in [0.2, 0.25) is 0 Å². The zero-order valence-electron chi connectivity index (χ0n) is 22.5. The third kappa shape index (κ3) is 5.46. The van der Waals surface area contributed by atoms with Crippen LogP contribution in [0.1, 0.15) is 46.9 Å². The van der Waals surface area contributed by atoms with Crippen LogP contribution in [0.4, 0.5) is 0 Å². The monoisotopic (exact) mass is 567 g/mol. The Balaban J connectivity index is 0.00000337. The van der Waals surface area contributed by atoms with Gasteiger partial charge in [0.25, 0.3) is 5.91 Å². The number of rotatable bonds is 6. The molecule has 0 radical (unpaired) electrons. The molecule has 208 valence electrons. The standard InChI is InChI=1S/C28H29N7O5.Na.H/c1-4-39-24-13-18(12-23(38-3)25(24)19-15-29-34(2)16-19)27(37)35-9-7-28(8-10-35)14-21(36)20-11-17(5-6-22(20)40-28)26-30-32-33-31-26;;/h5-6,11-13,15-16H,4,7-10,14H2,1-3H3,(H,30,31,32,33);;. The molecule has 41 heavy (non-hydrogen) atoms. The number of piperidine rings is 1. The number of likely N-dealkylation sites (tertiary alicyclic amines) is 1. The van der Waals surface area contributed by atoms with Crippen LogP contribution in [-0.4, -0.2) is 109 Å². The quantitative estimate of drug-likeness (QED) is 0.349. The number of aryl methyl sites for hydroxylation is 1. The Kier molecular flexibility index (Phi) is 8.16. The zero-order valence-corrected chi connectivity index (χ0v) is 22.5. The molecule has 1 fully saturated rings. The molecule has 2 aromatic carbocycles. The summed E-state index contributed by atoms with van der Waals surface area (Å²) in [6, 6.07) is 8.87. The first-order valence-electron chi connectivity index (χ1n) is 13.1. The Hall–Kier alpha value is -3.74. The zero-order chi connectivity index (χ0) is 27.9. The van der Waals surface area contributed by atoms with Crippen LogP contribution in [0.15, 0.2) is 42.7 Å². The minimum absolute atomic E-state index is 0. The van der Waals surface area contributed by atoms with Gasteiger partial charge in [0, 0.05) is 55.9 Å². The van der Waals surface area contributed by atoms with Crippen molar-refractivity contribution in [3.05, 3.63) is 53.9 Å². The van der Waals surface area contributed by atoms with Crippen molar-refractivity contribution in [2.24, 2.45) is 7.05 Å². The minimum atomic E-state index is -0.644. The number of fused-ring (bicyclic) bond motifs is 1. The molecule has 0 unspecified atom stereocenters. The van der Waals surface area contributed by atoms with E-state index in [9.17, 15) is 9.59 Å². The molecular weight excluding hydrogens is 537 g/mol. The summed E-state index contributed by atoms with van der Waals surface area (Å²) >= 11 is 0. The normalized spacial score (nSPS) is 15.6. The number of nitrogens with zero attached hydrogens (tertiary/aromatic N) is 6. The fraction of sp³-hybridized carbons (Fsp3) is 0.357. The first-order valence-corrected chi connectivity index (χ1v) is 13.1. The third-order valence-corrected chi connectivity index (χ3v) is 7.50. The molecule has 2 aliphatic heterocycles. The Bertz CT molecular complexity index is 1580. The number of nitrogens with one attached hydrogen (secondary N) is 1. The van der Waals surface area contributed by atoms with Gasteiger partial charge >= 0.3 is 29.6 Å². The number of ketones is 1. The number of aromatic nitrogens is 6. The molecule has 0 bridgehead atoms. The summed E-state index contributed by atoms with van der Waals surface area (Å²) in [5.41, 5.74) is 2.65. The molecule has 0 atom stereocenters. The molecule has 4 aromatic rings. The van der Waals surface area contributed by atoms with E-state index in [-0.39, 0.29) is 47.7 Å². The van der Waals surface area contributed by atoms with Gasteiger partial charge in [0.15, 0.2) is 11.6 Å². The van der Waals surface area contributed by atoms with Crippen molar-refractivity contribution in [3.63, 3.8) is 0 Å². The number of carbonyl (C=O) groups excluding carboxylic acids is 2. The van der Waals surface area contributed by atoms with Crippen LogP contribution in [0.25, 0.3) is 22.5 Å². The van der Waals surface area contributed by atoms with E-state index in [0.29, 0.717) is 72.3 Å². The summed E-state index contributed by atoms with van der Waals surface area (Å²) in [7, 11) is 3.41. The summed E-state index contributed by atoms with van der Waals surface area (Å²) in [5, 5.41) is 18.1. The molecule has 0 aliphatic carbocycles. The number of aromatic amines is 1. The van der Waals surface area contributed by atoms with Crippen LogP contribution >= 0.6 is 0 Å². The van der Waals surface area contributed by atoms with Gasteiger partial charge in [-0.1, -0.05) is 0 Å².